The molecule has 0 aliphatic rings. The van der Waals surface area contributed by atoms with Crippen molar-refractivity contribution in [2.75, 3.05) is 13.9 Å². The number of aromatic carboxylic acids is 1. The lowest BCUT2D eigenvalue weighted by atomic mass is 10.1. The number of carbonyl (C=O) groups is 1. The molecule has 0 fully saturated rings. The SMILES string of the molecule is COCOc1c(C)cc(C(=O)O)cc1Cl. The van der Waals surface area contributed by atoms with Crippen LogP contribution >= 0.6 is 11.6 Å². The molecular weight excluding hydrogens is 220 g/mol. The summed E-state index contributed by atoms with van der Waals surface area (Å²) in [6.07, 6.45) is 0. The molecule has 1 aromatic rings. The molecule has 0 heterocycles. The van der Waals surface area contributed by atoms with Crippen molar-refractivity contribution in [1.82, 2.24) is 0 Å². The maximum absolute atomic E-state index is 10.7. The van der Waals surface area contributed by atoms with Gasteiger partial charge in [0.25, 0.3) is 0 Å². The van der Waals surface area contributed by atoms with Gasteiger partial charge in [-0.05, 0) is 24.6 Å². The van der Waals surface area contributed by atoms with Gasteiger partial charge >= 0.3 is 5.97 Å². The number of aryl methyl sites for hydroxylation is 1. The van der Waals surface area contributed by atoms with Crippen molar-refractivity contribution in [2.24, 2.45) is 0 Å². The lowest BCUT2D eigenvalue weighted by molar-refractivity contribution is 0.0507. The molecule has 1 rings (SSSR count). The topological polar surface area (TPSA) is 55.8 Å². The van der Waals surface area contributed by atoms with E-state index >= 15 is 0 Å². The average Bonchev–Trinajstić information content (AvgIpc) is 2.16. The molecule has 0 aliphatic carbocycles. The summed E-state index contributed by atoms with van der Waals surface area (Å²) < 4.78 is 9.94. The lowest BCUT2D eigenvalue weighted by Gasteiger charge is -2.10. The molecule has 82 valence electrons. The normalized spacial score (nSPS) is 10.1. The monoisotopic (exact) mass is 230 g/mol. The van der Waals surface area contributed by atoms with Crippen molar-refractivity contribution in [1.29, 1.82) is 0 Å². The van der Waals surface area contributed by atoms with Crippen molar-refractivity contribution >= 4 is 17.6 Å². The number of carboxylic acid groups (broad SMARTS) is 1. The largest absolute Gasteiger partial charge is 0.478 e. The Hall–Kier alpha value is -1.26. The van der Waals surface area contributed by atoms with E-state index in [-0.39, 0.29) is 17.4 Å². The molecule has 0 aromatic heterocycles. The number of ether oxygens (including phenoxy) is 2. The number of carboxylic acids is 1. The van der Waals surface area contributed by atoms with Crippen LogP contribution in [0.1, 0.15) is 15.9 Å². The second-order valence-electron chi connectivity index (χ2n) is 2.96. The van der Waals surface area contributed by atoms with Crippen molar-refractivity contribution in [3.63, 3.8) is 0 Å². The zero-order chi connectivity index (χ0) is 11.4. The highest BCUT2D eigenvalue weighted by Crippen LogP contribution is 2.29. The van der Waals surface area contributed by atoms with Gasteiger partial charge in [0.15, 0.2) is 6.79 Å². The maximum atomic E-state index is 10.7. The Morgan fingerprint density at radius 2 is 2.20 bits per heavy atom. The van der Waals surface area contributed by atoms with Crippen LogP contribution in [0.25, 0.3) is 0 Å². The van der Waals surface area contributed by atoms with Gasteiger partial charge in [0.05, 0.1) is 10.6 Å². The molecule has 4 nitrogen and oxygen atoms in total. The van der Waals surface area contributed by atoms with Gasteiger partial charge in [-0.25, -0.2) is 4.79 Å². The molecule has 1 aromatic carbocycles. The molecule has 0 saturated heterocycles. The van der Waals surface area contributed by atoms with Crippen LogP contribution in [-0.4, -0.2) is 25.0 Å². The van der Waals surface area contributed by atoms with E-state index in [9.17, 15) is 4.79 Å². The fourth-order valence-corrected chi connectivity index (χ4v) is 1.48. The number of benzene rings is 1. The number of hydrogen-bond donors (Lipinski definition) is 1. The van der Waals surface area contributed by atoms with E-state index in [1.54, 1.807) is 6.92 Å². The highest BCUT2D eigenvalue weighted by atomic mass is 35.5. The van der Waals surface area contributed by atoms with Crippen molar-refractivity contribution in [3.8, 4) is 5.75 Å². The number of hydrogen-bond acceptors (Lipinski definition) is 3. The van der Waals surface area contributed by atoms with Crippen LogP contribution in [0.2, 0.25) is 5.02 Å². The number of halogens is 1. The Bertz CT molecular complexity index is 353. The molecule has 0 unspecified atom stereocenters. The molecule has 0 aliphatic heterocycles. The van der Waals surface area contributed by atoms with Crippen LogP contribution < -0.4 is 4.74 Å². The zero-order valence-electron chi connectivity index (χ0n) is 8.41. The Morgan fingerprint density at radius 1 is 1.53 bits per heavy atom. The smallest absolute Gasteiger partial charge is 0.335 e. The van der Waals surface area contributed by atoms with Crippen molar-refractivity contribution in [3.05, 3.63) is 28.3 Å². The molecule has 0 radical (unpaired) electrons. The highest BCUT2D eigenvalue weighted by molar-refractivity contribution is 6.32. The van der Waals surface area contributed by atoms with Crippen LogP contribution in [0, 0.1) is 6.92 Å². The average molecular weight is 231 g/mol. The Labute approximate surface area is 92.4 Å². The first-order valence-electron chi connectivity index (χ1n) is 4.21. The van der Waals surface area contributed by atoms with Gasteiger partial charge in [-0.1, -0.05) is 11.6 Å². The van der Waals surface area contributed by atoms with E-state index in [1.807, 2.05) is 0 Å². The van der Waals surface area contributed by atoms with E-state index in [2.05, 4.69) is 0 Å². The van der Waals surface area contributed by atoms with Crippen LogP contribution in [0.4, 0.5) is 0 Å². The third-order valence-corrected chi connectivity index (χ3v) is 2.08. The molecule has 0 bridgehead atoms. The van der Waals surface area contributed by atoms with E-state index in [0.717, 1.165) is 0 Å². The van der Waals surface area contributed by atoms with Crippen LogP contribution in [0.15, 0.2) is 12.1 Å². The summed E-state index contributed by atoms with van der Waals surface area (Å²) in [5.74, 6) is -0.568. The van der Waals surface area contributed by atoms with E-state index in [0.29, 0.717) is 11.3 Å². The van der Waals surface area contributed by atoms with Gasteiger partial charge in [0.2, 0.25) is 0 Å². The molecule has 15 heavy (non-hydrogen) atoms. The van der Waals surface area contributed by atoms with Gasteiger partial charge in [-0.3, -0.25) is 0 Å². The predicted octanol–water partition coefficient (Wildman–Crippen LogP) is 2.33. The number of rotatable bonds is 4. The van der Waals surface area contributed by atoms with E-state index in [1.165, 1.54) is 19.2 Å². The molecule has 0 spiro atoms. The van der Waals surface area contributed by atoms with Crippen molar-refractivity contribution < 1.29 is 19.4 Å². The van der Waals surface area contributed by atoms with Crippen LogP contribution in [0.3, 0.4) is 0 Å². The second-order valence-corrected chi connectivity index (χ2v) is 3.37. The third-order valence-electron chi connectivity index (χ3n) is 1.80. The third kappa shape index (κ3) is 2.84. The summed E-state index contributed by atoms with van der Waals surface area (Å²) >= 11 is 5.87. The Kier molecular flexibility index (Phi) is 3.94. The summed E-state index contributed by atoms with van der Waals surface area (Å²) in [5, 5.41) is 9.04. The summed E-state index contributed by atoms with van der Waals surface area (Å²) in [5.41, 5.74) is 0.805. The van der Waals surface area contributed by atoms with Gasteiger partial charge in [0.1, 0.15) is 5.75 Å². The standard InChI is InChI=1S/C10H11ClO4/c1-6-3-7(10(12)13)4-8(11)9(6)15-5-14-2/h3-4H,5H2,1-2H3,(H,12,13). The molecule has 0 amide bonds. The summed E-state index contributed by atoms with van der Waals surface area (Å²) in [4.78, 5) is 10.7. The quantitative estimate of drug-likeness (QED) is 0.807. The van der Waals surface area contributed by atoms with Crippen LogP contribution in [0.5, 0.6) is 5.75 Å². The first-order chi connectivity index (χ1) is 7.06. The molecule has 1 N–H and O–H groups in total. The first kappa shape index (κ1) is 11.8. The first-order valence-corrected chi connectivity index (χ1v) is 4.59. The fourth-order valence-electron chi connectivity index (χ4n) is 1.16. The van der Waals surface area contributed by atoms with Gasteiger partial charge in [0, 0.05) is 7.11 Å². The Balaban J connectivity index is 3.04. The minimum Gasteiger partial charge on any atom is -0.478 e. The second kappa shape index (κ2) is 5.00. The Morgan fingerprint density at radius 3 is 2.67 bits per heavy atom. The maximum Gasteiger partial charge on any atom is 0.335 e. The highest BCUT2D eigenvalue weighted by Gasteiger charge is 2.11. The zero-order valence-corrected chi connectivity index (χ0v) is 9.17. The molecule has 0 atom stereocenters. The van der Waals surface area contributed by atoms with E-state index < -0.39 is 5.97 Å². The van der Waals surface area contributed by atoms with Crippen LogP contribution in [-0.2, 0) is 4.74 Å². The minimum absolute atomic E-state index is 0.0764. The lowest BCUT2D eigenvalue weighted by Crippen LogP contribution is -2.03. The molecule has 0 saturated carbocycles. The number of methoxy groups -OCH3 is 1. The minimum atomic E-state index is -1.02. The predicted molar refractivity (Wildman–Crippen MR) is 55.7 cm³/mol. The van der Waals surface area contributed by atoms with Gasteiger partial charge in [-0.15, -0.1) is 0 Å². The molecular formula is C10H11ClO4. The summed E-state index contributed by atoms with van der Waals surface area (Å²) in [6, 6.07) is 2.85. The summed E-state index contributed by atoms with van der Waals surface area (Å²) in [7, 11) is 1.49. The van der Waals surface area contributed by atoms with Crippen molar-refractivity contribution in [2.45, 2.75) is 6.92 Å². The van der Waals surface area contributed by atoms with Gasteiger partial charge < -0.3 is 14.6 Å². The van der Waals surface area contributed by atoms with Gasteiger partial charge in [-0.2, -0.15) is 0 Å². The summed E-state index contributed by atoms with van der Waals surface area (Å²) in [6.45, 7) is 1.80. The van der Waals surface area contributed by atoms with E-state index in [4.69, 9.17) is 26.2 Å². The fraction of sp³-hybridized carbons (Fsp3) is 0.300. The molecule has 5 heteroatoms.